The highest BCUT2D eigenvalue weighted by Crippen LogP contribution is 2.28. The van der Waals surface area contributed by atoms with Gasteiger partial charge in [0.1, 0.15) is 6.61 Å². The van der Waals surface area contributed by atoms with E-state index in [4.69, 9.17) is 4.74 Å². The van der Waals surface area contributed by atoms with Crippen molar-refractivity contribution in [2.75, 3.05) is 6.61 Å². The molecule has 0 bridgehead atoms. The maximum absolute atomic E-state index is 13.6. The summed E-state index contributed by atoms with van der Waals surface area (Å²) in [5, 5.41) is 10.5. The lowest BCUT2D eigenvalue weighted by atomic mass is 9.86. The SMILES string of the molecule is O=C(COc1cc(F)c([N+](=O)[O-])cc1F)C1CCCCC1. The van der Waals surface area contributed by atoms with Crippen LogP contribution in [0.1, 0.15) is 32.1 Å². The van der Waals surface area contributed by atoms with Crippen LogP contribution in [0.5, 0.6) is 5.75 Å². The molecule has 0 aliphatic heterocycles. The summed E-state index contributed by atoms with van der Waals surface area (Å²) in [6.45, 7) is -0.348. The van der Waals surface area contributed by atoms with Gasteiger partial charge >= 0.3 is 5.69 Å². The highest BCUT2D eigenvalue weighted by Gasteiger charge is 2.23. The Hall–Kier alpha value is -2.05. The normalized spacial score (nSPS) is 15.7. The standard InChI is InChI=1S/C14H15F2NO4/c15-10-7-14(11(16)6-12(10)17(19)20)21-8-13(18)9-4-2-1-3-5-9/h6-7,9H,1-5,8H2. The van der Waals surface area contributed by atoms with E-state index in [0.717, 1.165) is 32.1 Å². The first-order chi connectivity index (χ1) is 9.99. The summed E-state index contributed by atoms with van der Waals surface area (Å²) in [5.41, 5.74) is -0.960. The van der Waals surface area contributed by atoms with Crippen LogP contribution in [0.2, 0.25) is 0 Å². The maximum atomic E-state index is 13.6. The Morgan fingerprint density at radius 2 is 1.90 bits per heavy atom. The molecule has 2 rings (SSSR count). The third kappa shape index (κ3) is 3.74. The largest absolute Gasteiger partial charge is 0.483 e. The van der Waals surface area contributed by atoms with Gasteiger partial charge in [-0.25, -0.2) is 4.39 Å². The van der Waals surface area contributed by atoms with E-state index in [1.165, 1.54) is 0 Å². The van der Waals surface area contributed by atoms with E-state index >= 15 is 0 Å². The lowest BCUT2D eigenvalue weighted by Gasteiger charge is -2.20. The van der Waals surface area contributed by atoms with Gasteiger partial charge in [0.25, 0.3) is 0 Å². The van der Waals surface area contributed by atoms with Gasteiger partial charge < -0.3 is 4.74 Å². The predicted molar refractivity (Wildman–Crippen MR) is 70.1 cm³/mol. The fraction of sp³-hybridized carbons (Fsp3) is 0.500. The Labute approximate surface area is 120 Å². The minimum absolute atomic E-state index is 0.0929. The molecule has 0 heterocycles. The molecule has 0 spiro atoms. The van der Waals surface area contributed by atoms with Crippen molar-refractivity contribution in [1.82, 2.24) is 0 Å². The number of nitro benzene ring substituents is 1. The molecular formula is C14H15F2NO4. The Morgan fingerprint density at radius 3 is 2.52 bits per heavy atom. The van der Waals surface area contributed by atoms with Gasteiger partial charge in [-0.05, 0) is 12.8 Å². The fourth-order valence-corrected chi connectivity index (χ4v) is 2.46. The number of rotatable bonds is 5. The Kier molecular flexibility index (Phi) is 4.82. The predicted octanol–water partition coefficient (Wildman–Crippen LogP) is 3.40. The number of carbonyl (C=O) groups excluding carboxylic acids is 1. The van der Waals surface area contributed by atoms with Crippen LogP contribution in [0.4, 0.5) is 14.5 Å². The molecule has 5 nitrogen and oxygen atoms in total. The van der Waals surface area contributed by atoms with Crippen LogP contribution < -0.4 is 4.74 Å². The molecule has 0 atom stereocenters. The van der Waals surface area contributed by atoms with Gasteiger partial charge in [-0.3, -0.25) is 14.9 Å². The summed E-state index contributed by atoms with van der Waals surface area (Å²) in [6, 6.07) is 1.05. The molecule has 0 amide bonds. The highest BCUT2D eigenvalue weighted by atomic mass is 19.1. The topological polar surface area (TPSA) is 69.4 Å². The van der Waals surface area contributed by atoms with Gasteiger partial charge in [0.15, 0.2) is 17.3 Å². The number of ketones is 1. The van der Waals surface area contributed by atoms with Gasteiger partial charge in [0.2, 0.25) is 5.82 Å². The van der Waals surface area contributed by atoms with E-state index in [0.29, 0.717) is 12.1 Å². The van der Waals surface area contributed by atoms with Crippen molar-refractivity contribution < 1.29 is 23.2 Å². The first kappa shape index (κ1) is 15.3. The lowest BCUT2D eigenvalue weighted by molar-refractivity contribution is -0.387. The van der Waals surface area contributed by atoms with Crippen molar-refractivity contribution in [2.24, 2.45) is 5.92 Å². The molecular weight excluding hydrogens is 284 g/mol. The van der Waals surface area contributed by atoms with Crippen LogP contribution in [0.3, 0.4) is 0 Å². The van der Waals surface area contributed by atoms with E-state index in [-0.39, 0.29) is 18.3 Å². The number of hydrogen-bond acceptors (Lipinski definition) is 4. The zero-order chi connectivity index (χ0) is 15.4. The van der Waals surface area contributed by atoms with Crippen molar-refractivity contribution in [1.29, 1.82) is 0 Å². The van der Waals surface area contributed by atoms with Crippen LogP contribution >= 0.6 is 0 Å². The molecule has 1 aliphatic rings. The molecule has 114 valence electrons. The second-order valence-corrected chi connectivity index (χ2v) is 5.08. The van der Waals surface area contributed by atoms with Crippen LogP contribution in [-0.2, 0) is 4.79 Å². The van der Waals surface area contributed by atoms with E-state index < -0.39 is 28.0 Å². The number of Topliss-reactive ketones (excluding diaryl/α,β-unsaturated/α-hetero) is 1. The number of benzene rings is 1. The summed E-state index contributed by atoms with van der Waals surface area (Å²) in [7, 11) is 0. The molecule has 1 saturated carbocycles. The van der Waals surface area contributed by atoms with Gasteiger partial charge in [0, 0.05) is 12.0 Å². The number of halogens is 2. The quantitative estimate of drug-likeness (QED) is 0.617. The zero-order valence-corrected chi connectivity index (χ0v) is 11.3. The molecule has 0 radical (unpaired) electrons. The van der Waals surface area contributed by atoms with Gasteiger partial charge in [-0.2, -0.15) is 4.39 Å². The van der Waals surface area contributed by atoms with Crippen LogP contribution in [0.25, 0.3) is 0 Å². The summed E-state index contributed by atoms with van der Waals surface area (Å²) in [6.07, 6.45) is 4.65. The highest BCUT2D eigenvalue weighted by molar-refractivity contribution is 5.82. The summed E-state index contributed by atoms with van der Waals surface area (Å²) < 4.78 is 31.9. The van der Waals surface area contributed by atoms with Crippen molar-refractivity contribution in [3.63, 3.8) is 0 Å². The minimum Gasteiger partial charge on any atom is -0.483 e. The molecule has 7 heteroatoms. The number of ether oxygens (including phenoxy) is 1. The molecule has 1 fully saturated rings. The summed E-state index contributed by atoms with van der Waals surface area (Å²) >= 11 is 0. The molecule has 0 unspecified atom stereocenters. The van der Waals surface area contributed by atoms with Crippen LogP contribution in [-0.4, -0.2) is 17.3 Å². The number of nitro groups is 1. The number of nitrogens with zero attached hydrogens (tertiary/aromatic N) is 1. The molecule has 1 aromatic carbocycles. The Morgan fingerprint density at radius 1 is 1.24 bits per heavy atom. The van der Waals surface area contributed by atoms with E-state index in [1.807, 2.05) is 0 Å². The first-order valence-corrected chi connectivity index (χ1v) is 6.78. The fourth-order valence-electron chi connectivity index (χ4n) is 2.46. The summed E-state index contributed by atoms with van der Waals surface area (Å²) in [5.74, 6) is -2.97. The molecule has 21 heavy (non-hydrogen) atoms. The Bertz CT molecular complexity index is 556. The minimum atomic E-state index is -1.19. The van der Waals surface area contributed by atoms with E-state index in [1.54, 1.807) is 0 Å². The van der Waals surface area contributed by atoms with Crippen molar-refractivity contribution >= 4 is 11.5 Å². The van der Waals surface area contributed by atoms with Crippen molar-refractivity contribution in [2.45, 2.75) is 32.1 Å². The average Bonchev–Trinajstić information content (AvgIpc) is 2.48. The second-order valence-electron chi connectivity index (χ2n) is 5.08. The van der Waals surface area contributed by atoms with E-state index in [9.17, 15) is 23.7 Å². The van der Waals surface area contributed by atoms with Crippen LogP contribution in [0, 0.1) is 27.7 Å². The van der Waals surface area contributed by atoms with Crippen LogP contribution in [0.15, 0.2) is 12.1 Å². The third-order valence-corrected chi connectivity index (χ3v) is 3.63. The zero-order valence-electron chi connectivity index (χ0n) is 11.3. The van der Waals surface area contributed by atoms with Crippen molar-refractivity contribution in [3.8, 4) is 5.75 Å². The Balaban J connectivity index is 2.01. The number of hydrogen-bond donors (Lipinski definition) is 0. The average molecular weight is 299 g/mol. The first-order valence-electron chi connectivity index (χ1n) is 6.78. The van der Waals surface area contributed by atoms with Gasteiger partial charge in [-0.15, -0.1) is 0 Å². The maximum Gasteiger partial charge on any atom is 0.307 e. The van der Waals surface area contributed by atoms with Gasteiger partial charge in [0.05, 0.1) is 11.0 Å². The van der Waals surface area contributed by atoms with Gasteiger partial charge in [-0.1, -0.05) is 19.3 Å². The molecule has 1 aliphatic carbocycles. The smallest absolute Gasteiger partial charge is 0.307 e. The monoisotopic (exact) mass is 299 g/mol. The van der Waals surface area contributed by atoms with E-state index in [2.05, 4.69) is 0 Å². The number of carbonyl (C=O) groups is 1. The molecule has 1 aromatic rings. The molecule has 0 N–H and O–H groups in total. The molecule has 0 saturated heterocycles. The third-order valence-electron chi connectivity index (χ3n) is 3.63. The summed E-state index contributed by atoms with van der Waals surface area (Å²) in [4.78, 5) is 21.3. The molecule has 0 aromatic heterocycles. The second kappa shape index (κ2) is 6.60. The van der Waals surface area contributed by atoms with Crippen molar-refractivity contribution in [3.05, 3.63) is 33.9 Å². The lowest BCUT2D eigenvalue weighted by Crippen LogP contribution is -2.23.